The lowest BCUT2D eigenvalue weighted by molar-refractivity contribution is 0.0683. The van der Waals surface area contributed by atoms with Crippen LogP contribution in [0.1, 0.15) is 15.2 Å². The van der Waals surface area contributed by atoms with Crippen LogP contribution in [-0.2, 0) is 11.3 Å². The summed E-state index contributed by atoms with van der Waals surface area (Å²) in [6.45, 7) is 1.40. The highest BCUT2D eigenvalue weighted by Gasteiger charge is 2.19. The molecule has 21 heavy (non-hydrogen) atoms. The average molecular weight is 306 g/mol. The Morgan fingerprint density at radius 1 is 1.43 bits per heavy atom. The Morgan fingerprint density at radius 3 is 2.90 bits per heavy atom. The molecule has 112 valence electrons. The number of benzene rings is 1. The molecule has 0 bridgehead atoms. The van der Waals surface area contributed by atoms with E-state index in [1.165, 1.54) is 18.2 Å². The first-order valence-corrected chi connectivity index (χ1v) is 7.39. The number of thiophene rings is 1. The molecule has 0 aliphatic heterocycles. The number of hydrogen-bond acceptors (Lipinski definition) is 5. The lowest BCUT2D eigenvalue weighted by Crippen LogP contribution is -2.33. The van der Waals surface area contributed by atoms with Crippen molar-refractivity contribution < 1.29 is 14.6 Å². The minimum Gasteiger partial charge on any atom is -0.508 e. The van der Waals surface area contributed by atoms with E-state index in [0.717, 1.165) is 4.88 Å². The smallest absolute Gasteiger partial charge is 0.256 e. The third kappa shape index (κ3) is 3.96. The van der Waals surface area contributed by atoms with Crippen LogP contribution < -0.4 is 5.73 Å². The number of carbonyl (C=O) groups excluding carboxylic acids is 1. The van der Waals surface area contributed by atoms with Gasteiger partial charge in [0.2, 0.25) is 0 Å². The molecule has 0 atom stereocenters. The van der Waals surface area contributed by atoms with Crippen molar-refractivity contribution in [1.82, 2.24) is 4.90 Å². The molecule has 1 aromatic heterocycles. The first-order chi connectivity index (χ1) is 10.1. The maximum atomic E-state index is 12.6. The topological polar surface area (TPSA) is 75.8 Å². The fourth-order valence-corrected chi connectivity index (χ4v) is 2.66. The molecule has 2 aromatic rings. The number of aromatic hydroxyl groups is 1. The summed E-state index contributed by atoms with van der Waals surface area (Å²) < 4.78 is 5.06. The maximum Gasteiger partial charge on any atom is 0.256 e. The number of nitrogen functional groups attached to an aromatic ring is 1. The molecule has 0 saturated heterocycles. The minimum atomic E-state index is -0.214. The van der Waals surface area contributed by atoms with Gasteiger partial charge in [-0.1, -0.05) is 6.07 Å². The van der Waals surface area contributed by atoms with Crippen LogP contribution in [-0.4, -0.2) is 36.2 Å². The Kier molecular flexibility index (Phi) is 5.19. The number of methoxy groups -OCH3 is 1. The summed E-state index contributed by atoms with van der Waals surface area (Å²) in [6, 6.07) is 8.31. The average Bonchev–Trinajstić information content (AvgIpc) is 2.98. The Labute approximate surface area is 127 Å². The monoisotopic (exact) mass is 306 g/mol. The summed E-state index contributed by atoms with van der Waals surface area (Å²) in [6.07, 6.45) is 0. The number of amides is 1. The fourth-order valence-electron chi connectivity index (χ4n) is 1.94. The number of carbonyl (C=O) groups is 1. The van der Waals surface area contributed by atoms with E-state index in [0.29, 0.717) is 30.9 Å². The van der Waals surface area contributed by atoms with Crippen LogP contribution in [0.3, 0.4) is 0 Å². The van der Waals surface area contributed by atoms with E-state index < -0.39 is 0 Å². The Bertz CT molecular complexity index is 599. The number of nitrogens with zero attached hydrogens (tertiary/aromatic N) is 1. The maximum absolute atomic E-state index is 12.6. The molecule has 6 heteroatoms. The summed E-state index contributed by atoms with van der Waals surface area (Å²) in [5, 5.41) is 11.5. The van der Waals surface area contributed by atoms with Crippen molar-refractivity contribution in [2.75, 3.05) is 26.0 Å². The zero-order valence-corrected chi connectivity index (χ0v) is 12.6. The van der Waals surface area contributed by atoms with Crippen molar-refractivity contribution in [2.45, 2.75) is 6.54 Å². The van der Waals surface area contributed by atoms with Crippen molar-refractivity contribution in [3.63, 3.8) is 0 Å². The van der Waals surface area contributed by atoms with Gasteiger partial charge in [-0.25, -0.2) is 0 Å². The zero-order valence-electron chi connectivity index (χ0n) is 11.8. The number of ether oxygens (including phenoxy) is 1. The first kappa shape index (κ1) is 15.3. The molecule has 0 saturated carbocycles. The molecule has 3 N–H and O–H groups in total. The van der Waals surface area contributed by atoms with E-state index in [4.69, 9.17) is 10.5 Å². The summed E-state index contributed by atoms with van der Waals surface area (Å²) in [5.74, 6) is -0.191. The molecule has 1 amide bonds. The molecular weight excluding hydrogens is 288 g/mol. The van der Waals surface area contributed by atoms with Gasteiger partial charge in [0.05, 0.1) is 18.7 Å². The van der Waals surface area contributed by atoms with Crippen molar-refractivity contribution in [3.8, 4) is 5.75 Å². The highest BCUT2D eigenvalue weighted by molar-refractivity contribution is 7.09. The van der Waals surface area contributed by atoms with Crippen molar-refractivity contribution in [1.29, 1.82) is 0 Å². The summed E-state index contributed by atoms with van der Waals surface area (Å²) >= 11 is 1.59. The number of rotatable bonds is 6. The molecule has 0 aliphatic rings. The van der Waals surface area contributed by atoms with Crippen molar-refractivity contribution in [3.05, 3.63) is 46.2 Å². The highest BCUT2D eigenvalue weighted by atomic mass is 32.1. The number of phenolic OH excluding ortho intramolecular Hbond substituents is 1. The van der Waals surface area contributed by atoms with E-state index >= 15 is 0 Å². The van der Waals surface area contributed by atoms with E-state index in [1.807, 2.05) is 17.5 Å². The highest BCUT2D eigenvalue weighted by Crippen LogP contribution is 2.22. The van der Waals surface area contributed by atoms with Gasteiger partial charge in [0.15, 0.2) is 0 Å². The van der Waals surface area contributed by atoms with Gasteiger partial charge >= 0.3 is 0 Å². The second kappa shape index (κ2) is 7.10. The third-order valence-corrected chi connectivity index (χ3v) is 3.91. The summed E-state index contributed by atoms with van der Waals surface area (Å²) in [7, 11) is 1.59. The normalized spacial score (nSPS) is 10.5. The SMILES string of the molecule is COCCN(Cc1cccs1)C(=O)c1cc(O)ccc1N. The van der Waals surface area contributed by atoms with Gasteiger partial charge in [0.1, 0.15) is 5.75 Å². The molecule has 1 aromatic carbocycles. The van der Waals surface area contributed by atoms with Gasteiger partial charge in [-0.15, -0.1) is 11.3 Å². The van der Waals surface area contributed by atoms with E-state index in [-0.39, 0.29) is 11.7 Å². The zero-order chi connectivity index (χ0) is 15.2. The number of phenols is 1. The second-order valence-corrected chi connectivity index (χ2v) is 5.60. The molecule has 0 spiro atoms. The van der Waals surface area contributed by atoms with Crippen LogP contribution in [0, 0.1) is 0 Å². The fraction of sp³-hybridized carbons (Fsp3) is 0.267. The molecule has 0 radical (unpaired) electrons. The Hall–Kier alpha value is -2.05. The quantitative estimate of drug-likeness (QED) is 0.634. The molecular formula is C15H18N2O3S. The summed E-state index contributed by atoms with van der Waals surface area (Å²) in [5.41, 5.74) is 6.50. The van der Waals surface area contributed by atoms with Crippen LogP contribution in [0.2, 0.25) is 0 Å². The van der Waals surface area contributed by atoms with Crippen LogP contribution in [0.5, 0.6) is 5.75 Å². The standard InChI is InChI=1S/C15H18N2O3S/c1-20-7-6-17(10-12-3-2-8-21-12)15(19)13-9-11(18)4-5-14(13)16/h2-5,8-9,18H,6-7,10,16H2,1H3. The molecule has 0 unspecified atom stereocenters. The lowest BCUT2D eigenvalue weighted by Gasteiger charge is -2.22. The predicted octanol–water partition coefficient (Wildman–Crippen LogP) is 2.32. The van der Waals surface area contributed by atoms with Crippen molar-refractivity contribution in [2.24, 2.45) is 0 Å². The number of anilines is 1. The third-order valence-electron chi connectivity index (χ3n) is 3.05. The minimum absolute atomic E-state index is 0.0235. The van der Waals surface area contributed by atoms with Crippen LogP contribution in [0.4, 0.5) is 5.69 Å². The second-order valence-electron chi connectivity index (χ2n) is 4.57. The van der Waals surface area contributed by atoms with Gasteiger partial charge in [-0.2, -0.15) is 0 Å². The lowest BCUT2D eigenvalue weighted by atomic mass is 10.1. The van der Waals surface area contributed by atoms with E-state index in [9.17, 15) is 9.90 Å². The van der Waals surface area contributed by atoms with Gasteiger partial charge in [-0.05, 0) is 29.6 Å². The van der Waals surface area contributed by atoms with Gasteiger partial charge in [0.25, 0.3) is 5.91 Å². The molecule has 0 fully saturated rings. The Morgan fingerprint density at radius 2 is 2.24 bits per heavy atom. The number of nitrogens with two attached hydrogens (primary N) is 1. The molecule has 1 heterocycles. The first-order valence-electron chi connectivity index (χ1n) is 6.51. The predicted molar refractivity (Wildman–Crippen MR) is 83.5 cm³/mol. The Balaban J connectivity index is 2.22. The molecule has 5 nitrogen and oxygen atoms in total. The van der Waals surface area contributed by atoms with E-state index in [1.54, 1.807) is 23.3 Å². The van der Waals surface area contributed by atoms with Gasteiger partial charge < -0.3 is 20.5 Å². The van der Waals surface area contributed by atoms with Crippen LogP contribution in [0.25, 0.3) is 0 Å². The van der Waals surface area contributed by atoms with Gasteiger partial charge in [-0.3, -0.25) is 4.79 Å². The molecule has 2 rings (SSSR count). The van der Waals surface area contributed by atoms with E-state index in [2.05, 4.69) is 0 Å². The largest absolute Gasteiger partial charge is 0.508 e. The van der Waals surface area contributed by atoms with Crippen LogP contribution in [0.15, 0.2) is 35.7 Å². The van der Waals surface area contributed by atoms with Gasteiger partial charge in [0, 0.05) is 24.2 Å². The van der Waals surface area contributed by atoms with Crippen molar-refractivity contribution >= 4 is 22.9 Å². The number of hydrogen-bond donors (Lipinski definition) is 2. The summed E-state index contributed by atoms with van der Waals surface area (Å²) in [4.78, 5) is 15.4. The van der Waals surface area contributed by atoms with Crippen LogP contribution >= 0.6 is 11.3 Å². The molecule has 0 aliphatic carbocycles.